The first-order chi connectivity index (χ1) is 15.1. The Balaban J connectivity index is 1.68. The fourth-order valence-electron chi connectivity index (χ4n) is 3.70. The van der Waals surface area contributed by atoms with Crippen molar-refractivity contribution in [3.8, 4) is 0 Å². The van der Waals surface area contributed by atoms with Crippen LogP contribution < -0.4 is 5.56 Å². The summed E-state index contributed by atoms with van der Waals surface area (Å²) in [6.45, 7) is 0.310. The molecule has 0 fully saturated rings. The molecule has 6 heteroatoms. The maximum atomic E-state index is 13.4. The third kappa shape index (κ3) is 3.64. The van der Waals surface area contributed by atoms with Crippen molar-refractivity contribution in [3.05, 3.63) is 105 Å². The molecule has 3 aromatic carbocycles. The van der Waals surface area contributed by atoms with E-state index in [-0.39, 0.29) is 5.56 Å². The van der Waals surface area contributed by atoms with Crippen LogP contribution in [0.5, 0.6) is 0 Å². The minimum Gasteiger partial charge on any atom is -0.330 e. The van der Waals surface area contributed by atoms with Gasteiger partial charge in [0.05, 0.1) is 28.5 Å². The fraction of sp³-hybridized carbons (Fsp3) is 0.0800. The Morgan fingerprint density at radius 2 is 1.68 bits per heavy atom. The predicted octanol–water partition coefficient (Wildman–Crippen LogP) is 5.16. The van der Waals surface area contributed by atoms with Crippen LogP contribution in [0.3, 0.4) is 0 Å². The molecule has 5 aromatic rings. The summed E-state index contributed by atoms with van der Waals surface area (Å²) in [5.74, 6) is 1.34. The van der Waals surface area contributed by atoms with Gasteiger partial charge in [0.2, 0.25) is 0 Å². The fourth-order valence-corrected chi connectivity index (χ4v) is 3.87. The first-order valence-electron chi connectivity index (χ1n) is 9.94. The van der Waals surface area contributed by atoms with Crippen LogP contribution >= 0.6 is 11.6 Å². The lowest BCUT2D eigenvalue weighted by Crippen LogP contribution is -2.25. The molecule has 0 amide bonds. The number of aryl methyl sites for hydroxylation is 1. The number of nitrogens with zero attached hydrogens (tertiary/aromatic N) is 4. The van der Waals surface area contributed by atoms with Gasteiger partial charge in [-0.2, -0.15) is 0 Å². The molecule has 31 heavy (non-hydrogen) atoms. The van der Waals surface area contributed by atoms with Gasteiger partial charge in [0.25, 0.3) is 5.56 Å². The number of hydrogen-bond acceptors (Lipinski definition) is 3. The van der Waals surface area contributed by atoms with Crippen LogP contribution in [0, 0.1) is 0 Å². The Morgan fingerprint density at radius 1 is 0.903 bits per heavy atom. The summed E-state index contributed by atoms with van der Waals surface area (Å²) in [4.78, 5) is 22.9. The first-order valence-corrected chi connectivity index (χ1v) is 10.3. The molecular formula is C25H19ClN4O. The number of halogens is 1. The third-order valence-electron chi connectivity index (χ3n) is 5.35. The van der Waals surface area contributed by atoms with Gasteiger partial charge in [0.15, 0.2) is 0 Å². The smallest absolute Gasteiger partial charge is 0.262 e. The molecule has 0 aliphatic carbocycles. The molecule has 0 saturated heterocycles. The van der Waals surface area contributed by atoms with Crippen molar-refractivity contribution < 1.29 is 0 Å². The predicted molar refractivity (Wildman–Crippen MR) is 126 cm³/mol. The Labute approximate surface area is 183 Å². The average Bonchev–Trinajstić information content (AvgIpc) is 3.10. The second-order valence-corrected chi connectivity index (χ2v) is 7.78. The molecule has 0 aliphatic heterocycles. The molecule has 5 rings (SSSR count). The molecule has 0 N–H and O–H groups in total. The molecule has 0 spiro atoms. The summed E-state index contributed by atoms with van der Waals surface area (Å²) in [6, 6.07) is 23.0. The van der Waals surface area contributed by atoms with Crippen LogP contribution in [-0.4, -0.2) is 19.1 Å². The van der Waals surface area contributed by atoms with Crippen LogP contribution in [-0.2, 0) is 13.6 Å². The summed E-state index contributed by atoms with van der Waals surface area (Å²) in [5.41, 5.74) is 3.40. The first kappa shape index (κ1) is 19.3. The van der Waals surface area contributed by atoms with Crippen molar-refractivity contribution in [2.45, 2.75) is 6.54 Å². The quantitative estimate of drug-likeness (QED) is 0.399. The van der Waals surface area contributed by atoms with E-state index >= 15 is 0 Å². The lowest BCUT2D eigenvalue weighted by molar-refractivity contribution is 0.673. The van der Waals surface area contributed by atoms with E-state index in [9.17, 15) is 4.79 Å². The van der Waals surface area contributed by atoms with E-state index in [2.05, 4.69) is 0 Å². The molecule has 2 aromatic heterocycles. The molecule has 0 unspecified atom stereocenters. The Bertz CT molecular complexity index is 1500. The highest BCUT2D eigenvalue weighted by atomic mass is 35.5. The van der Waals surface area contributed by atoms with E-state index in [4.69, 9.17) is 21.6 Å². The van der Waals surface area contributed by atoms with Crippen LogP contribution in [0.1, 0.15) is 17.2 Å². The van der Waals surface area contributed by atoms with Gasteiger partial charge >= 0.3 is 0 Å². The average molecular weight is 427 g/mol. The van der Waals surface area contributed by atoms with E-state index < -0.39 is 0 Å². The van der Waals surface area contributed by atoms with Gasteiger partial charge in [-0.3, -0.25) is 9.36 Å². The molecular weight excluding hydrogens is 408 g/mol. The Hall–Kier alpha value is -3.70. The SMILES string of the molecule is Cn1c(Cn2c(/C=C/c3ccccc3)nc3cc(Cl)ccc3c2=O)nc2ccccc21. The van der Waals surface area contributed by atoms with Gasteiger partial charge in [-0.1, -0.05) is 60.1 Å². The highest BCUT2D eigenvalue weighted by Gasteiger charge is 2.14. The largest absolute Gasteiger partial charge is 0.330 e. The molecule has 2 heterocycles. The normalized spacial score (nSPS) is 11.7. The maximum absolute atomic E-state index is 13.4. The van der Waals surface area contributed by atoms with Gasteiger partial charge in [-0.05, 0) is 42.0 Å². The maximum Gasteiger partial charge on any atom is 0.262 e. The number of fused-ring (bicyclic) bond motifs is 2. The van der Waals surface area contributed by atoms with E-state index in [0.717, 1.165) is 22.4 Å². The zero-order chi connectivity index (χ0) is 21.4. The van der Waals surface area contributed by atoms with Crippen LogP contribution in [0.2, 0.25) is 5.02 Å². The van der Waals surface area contributed by atoms with E-state index in [0.29, 0.717) is 28.3 Å². The highest BCUT2D eigenvalue weighted by Crippen LogP contribution is 2.19. The van der Waals surface area contributed by atoms with Gasteiger partial charge in [-0.25, -0.2) is 9.97 Å². The highest BCUT2D eigenvalue weighted by molar-refractivity contribution is 6.31. The number of aromatic nitrogens is 4. The topological polar surface area (TPSA) is 52.7 Å². The summed E-state index contributed by atoms with van der Waals surface area (Å²) >= 11 is 6.15. The number of para-hydroxylation sites is 2. The lowest BCUT2D eigenvalue weighted by Gasteiger charge is -2.12. The monoisotopic (exact) mass is 426 g/mol. The molecule has 0 bridgehead atoms. The molecule has 152 valence electrons. The van der Waals surface area contributed by atoms with E-state index in [1.165, 1.54) is 0 Å². The summed E-state index contributed by atoms with van der Waals surface area (Å²) in [6.07, 6.45) is 3.81. The number of benzene rings is 3. The second kappa shape index (κ2) is 7.85. The van der Waals surface area contributed by atoms with Crippen LogP contribution in [0.25, 0.3) is 34.1 Å². The van der Waals surface area contributed by atoms with Crippen molar-refractivity contribution >= 4 is 45.7 Å². The zero-order valence-electron chi connectivity index (χ0n) is 16.9. The van der Waals surface area contributed by atoms with Crippen molar-refractivity contribution in [2.24, 2.45) is 7.05 Å². The third-order valence-corrected chi connectivity index (χ3v) is 5.59. The number of imidazole rings is 1. The van der Waals surface area contributed by atoms with Crippen molar-refractivity contribution in [1.82, 2.24) is 19.1 Å². The van der Waals surface area contributed by atoms with E-state index in [1.54, 1.807) is 22.8 Å². The van der Waals surface area contributed by atoms with Crippen LogP contribution in [0.15, 0.2) is 77.6 Å². The van der Waals surface area contributed by atoms with Gasteiger partial charge in [-0.15, -0.1) is 0 Å². The molecule has 0 radical (unpaired) electrons. The molecule has 0 aliphatic rings. The Kier molecular flexibility index (Phi) is 4.88. The van der Waals surface area contributed by atoms with Crippen molar-refractivity contribution in [3.63, 3.8) is 0 Å². The van der Waals surface area contributed by atoms with Gasteiger partial charge in [0, 0.05) is 12.1 Å². The minimum absolute atomic E-state index is 0.124. The summed E-state index contributed by atoms with van der Waals surface area (Å²) < 4.78 is 3.68. The van der Waals surface area contributed by atoms with Gasteiger partial charge in [0.1, 0.15) is 11.6 Å². The number of rotatable bonds is 4. The second-order valence-electron chi connectivity index (χ2n) is 7.34. The van der Waals surface area contributed by atoms with Crippen molar-refractivity contribution in [1.29, 1.82) is 0 Å². The molecule has 0 atom stereocenters. The molecule has 5 nitrogen and oxygen atoms in total. The van der Waals surface area contributed by atoms with E-state index in [1.807, 2.05) is 78.4 Å². The summed E-state index contributed by atoms with van der Waals surface area (Å²) in [7, 11) is 1.96. The summed E-state index contributed by atoms with van der Waals surface area (Å²) in [5, 5.41) is 1.07. The van der Waals surface area contributed by atoms with Gasteiger partial charge < -0.3 is 4.57 Å². The van der Waals surface area contributed by atoms with Crippen molar-refractivity contribution in [2.75, 3.05) is 0 Å². The molecule has 0 saturated carbocycles. The Morgan fingerprint density at radius 3 is 2.48 bits per heavy atom. The van der Waals surface area contributed by atoms with Crippen LogP contribution in [0.4, 0.5) is 0 Å². The zero-order valence-corrected chi connectivity index (χ0v) is 17.6. The minimum atomic E-state index is -0.124. The lowest BCUT2D eigenvalue weighted by atomic mass is 10.2. The number of hydrogen-bond donors (Lipinski definition) is 0. The standard InChI is InChI=1S/C25H19ClN4O/c1-29-22-10-6-5-9-20(22)27-24(29)16-30-23(14-11-17-7-3-2-4-8-17)28-21-15-18(26)12-13-19(21)25(30)31/h2-15H,16H2,1H3/b14-11+.